The van der Waals surface area contributed by atoms with E-state index < -0.39 is 0 Å². The maximum absolute atomic E-state index is 12.1. The molecule has 0 aliphatic carbocycles. The molecule has 0 unspecified atom stereocenters. The van der Waals surface area contributed by atoms with Gasteiger partial charge in [0.1, 0.15) is 5.75 Å². The summed E-state index contributed by atoms with van der Waals surface area (Å²) in [6.07, 6.45) is 3.15. The number of methoxy groups -OCH3 is 1. The number of unbranched alkanes of at least 4 members (excludes halogenated alkanes) is 2. The Hall–Kier alpha value is -1.75. The molecule has 0 fully saturated rings. The van der Waals surface area contributed by atoms with Crippen molar-refractivity contribution >= 4 is 23.5 Å². The number of hydrogen-bond donors (Lipinski definition) is 2. The van der Waals surface area contributed by atoms with Gasteiger partial charge >= 0.3 is 0 Å². The average molecular weight is 298 g/mol. The number of nitrogens with zero attached hydrogens (tertiary/aromatic N) is 1. The minimum atomic E-state index is -0.388. The third kappa shape index (κ3) is 5.09. The van der Waals surface area contributed by atoms with E-state index >= 15 is 0 Å². The lowest BCUT2D eigenvalue weighted by molar-refractivity contribution is 0.0973. The van der Waals surface area contributed by atoms with E-state index in [4.69, 9.17) is 22.1 Å². The molecule has 6 heteroatoms. The molecule has 0 heterocycles. The van der Waals surface area contributed by atoms with Crippen LogP contribution in [-0.4, -0.2) is 25.5 Å². The summed E-state index contributed by atoms with van der Waals surface area (Å²) in [5.74, 6) is 0.153. The first kappa shape index (κ1) is 16.3. The second-order valence-electron chi connectivity index (χ2n) is 4.27. The quantitative estimate of drug-likeness (QED) is 0.481. The van der Waals surface area contributed by atoms with Crippen molar-refractivity contribution < 1.29 is 9.53 Å². The number of carbonyl (C=O) groups is 1. The number of benzene rings is 1. The number of nitrogens with one attached hydrogen (secondary N) is 1. The molecule has 1 aromatic carbocycles. The number of guanidine groups is 1. The summed E-state index contributed by atoms with van der Waals surface area (Å²) in [4.78, 5) is 16.2. The number of halogens is 1. The fraction of sp³-hybridized carbons (Fsp3) is 0.429. The largest absolute Gasteiger partial charge is 0.496 e. The van der Waals surface area contributed by atoms with Crippen molar-refractivity contribution in [2.45, 2.75) is 26.2 Å². The van der Waals surface area contributed by atoms with E-state index in [-0.39, 0.29) is 11.9 Å². The Morgan fingerprint density at radius 3 is 2.85 bits per heavy atom. The van der Waals surface area contributed by atoms with Crippen LogP contribution in [0.5, 0.6) is 5.75 Å². The lowest BCUT2D eigenvalue weighted by atomic mass is 10.2. The minimum Gasteiger partial charge on any atom is -0.496 e. The Bertz CT molecular complexity index is 489. The van der Waals surface area contributed by atoms with E-state index in [1.165, 1.54) is 13.2 Å². The molecule has 0 saturated carbocycles. The molecular weight excluding hydrogens is 278 g/mol. The van der Waals surface area contributed by atoms with Crippen LogP contribution >= 0.6 is 11.6 Å². The summed E-state index contributed by atoms with van der Waals surface area (Å²) in [5.41, 5.74) is 5.99. The van der Waals surface area contributed by atoms with Gasteiger partial charge in [-0.25, -0.2) is 0 Å². The fourth-order valence-electron chi connectivity index (χ4n) is 1.64. The molecule has 0 bridgehead atoms. The zero-order valence-electron chi connectivity index (χ0n) is 11.8. The standard InChI is InChI=1S/C14H20ClN3O2/c1-3-4-5-8-17-14(16)18-13(19)11-9-10(15)6-7-12(11)20-2/h6-7,9H,3-5,8H2,1-2H3,(H3,16,17,18,19). The average Bonchev–Trinajstić information content (AvgIpc) is 2.43. The highest BCUT2D eigenvalue weighted by atomic mass is 35.5. The molecule has 0 aliphatic rings. The van der Waals surface area contributed by atoms with Crippen molar-refractivity contribution in [3.63, 3.8) is 0 Å². The highest BCUT2D eigenvalue weighted by Gasteiger charge is 2.13. The lowest BCUT2D eigenvalue weighted by Gasteiger charge is -2.09. The van der Waals surface area contributed by atoms with Gasteiger partial charge in [0.15, 0.2) is 5.96 Å². The highest BCUT2D eigenvalue weighted by Crippen LogP contribution is 2.22. The van der Waals surface area contributed by atoms with Gasteiger partial charge in [0.2, 0.25) is 0 Å². The van der Waals surface area contributed by atoms with Crippen molar-refractivity contribution in [2.24, 2.45) is 10.7 Å². The molecule has 5 nitrogen and oxygen atoms in total. The molecule has 0 saturated heterocycles. The maximum Gasteiger partial charge on any atom is 0.261 e. The van der Waals surface area contributed by atoms with Gasteiger partial charge in [-0.2, -0.15) is 0 Å². The van der Waals surface area contributed by atoms with Gasteiger partial charge in [-0.1, -0.05) is 31.4 Å². The number of carbonyl (C=O) groups excluding carboxylic acids is 1. The smallest absolute Gasteiger partial charge is 0.261 e. The third-order valence-electron chi connectivity index (χ3n) is 2.69. The number of aliphatic imine (C=N–C) groups is 1. The van der Waals surface area contributed by atoms with E-state index in [0.717, 1.165) is 19.3 Å². The summed E-state index contributed by atoms with van der Waals surface area (Å²) in [5, 5.41) is 2.98. The predicted molar refractivity (Wildman–Crippen MR) is 81.5 cm³/mol. The fourth-order valence-corrected chi connectivity index (χ4v) is 1.81. The Balaban J connectivity index is 2.68. The first-order valence-corrected chi connectivity index (χ1v) is 6.91. The normalized spacial score (nSPS) is 11.2. The molecule has 1 amide bonds. The SMILES string of the molecule is CCCCCN=C(N)NC(=O)c1cc(Cl)ccc1OC. The van der Waals surface area contributed by atoms with Crippen molar-refractivity contribution in [1.82, 2.24) is 5.32 Å². The lowest BCUT2D eigenvalue weighted by Crippen LogP contribution is -2.37. The van der Waals surface area contributed by atoms with Crippen LogP contribution in [0.2, 0.25) is 5.02 Å². The minimum absolute atomic E-state index is 0.105. The van der Waals surface area contributed by atoms with E-state index in [0.29, 0.717) is 22.9 Å². The second kappa shape index (κ2) is 8.43. The van der Waals surface area contributed by atoms with Crippen LogP contribution in [0.4, 0.5) is 0 Å². The van der Waals surface area contributed by atoms with Crippen LogP contribution < -0.4 is 15.8 Å². The Labute approximate surface area is 124 Å². The van der Waals surface area contributed by atoms with Crippen LogP contribution in [0.15, 0.2) is 23.2 Å². The molecule has 0 aromatic heterocycles. The molecule has 0 spiro atoms. The van der Waals surface area contributed by atoms with Crippen LogP contribution in [0, 0.1) is 0 Å². The number of nitrogens with two attached hydrogens (primary N) is 1. The Morgan fingerprint density at radius 1 is 1.45 bits per heavy atom. The number of hydrogen-bond acceptors (Lipinski definition) is 3. The third-order valence-corrected chi connectivity index (χ3v) is 2.93. The molecule has 1 rings (SSSR count). The van der Waals surface area contributed by atoms with E-state index in [1.54, 1.807) is 12.1 Å². The van der Waals surface area contributed by atoms with Gasteiger partial charge < -0.3 is 10.5 Å². The highest BCUT2D eigenvalue weighted by molar-refractivity contribution is 6.31. The first-order chi connectivity index (χ1) is 9.58. The molecule has 0 atom stereocenters. The zero-order chi connectivity index (χ0) is 15.0. The van der Waals surface area contributed by atoms with Crippen LogP contribution in [0.25, 0.3) is 0 Å². The van der Waals surface area contributed by atoms with Crippen LogP contribution in [0.1, 0.15) is 36.5 Å². The van der Waals surface area contributed by atoms with Gasteiger partial charge in [0.05, 0.1) is 12.7 Å². The summed E-state index contributed by atoms with van der Waals surface area (Å²) >= 11 is 5.88. The van der Waals surface area contributed by atoms with Gasteiger partial charge in [0.25, 0.3) is 5.91 Å². The Kier molecular flexibility index (Phi) is 6.87. The Morgan fingerprint density at radius 2 is 2.20 bits per heavy atom. The molecule has 0 aliphatic heterocycles. The number of rotatable bonds is 6. The molecule has 0 radical (unpaired) electrons. The van der Waals surface area contributed by atoms with Crippen molar-refractivity contribution in [2.75, 3.05) is 13.7 Å². The van der Waals surface area contributed by atoms with Gasteiger partial charge in [-0.05, 0) is 24.6 Å². The molecule has 3 N–H and O–H groups in total. The van der Waals surface area contributed by atoms with E-state index in [9.17, 15) is 4.79 Å². The molecule has 1 aromatic rings. The van der Waals surface area contributed by atoms with Crippen molar-refractivity contribution in [1.29, 1.82) is 0 Å². The van der Waals surface area contributed by atoms with Crippen molar-refractivity contribution in [3.8, 4) is 5.75 Å². The van der Waals surface area contributed by atoms with Crippen LogP contribution in [-0.2, 0) is 0 Å². The predicted octanol–water partition coefficient (Wildman–Crippen LogP) is 2.58. The summed E-state index contributed by atoms with van der Waals surface area (Å²) in [7, 11) is 1.49. The molecule has 110 valence electrons. The van der Waals surface area contributed by atoms with Gasteiger partial charge in [-0.3, -0.25) is 15.1 Å². The van der Waals surface area contributed by atoms with Crippen molar-refractivity contribution in [3.05, 3.63) is 28.8 Å². The zero-order valence-corrected chi connectivity index (χ0v) is 12.5. The number of ether oxygens (including phenoxy) is 1. The summed E-state index contributed by atoms with van der Waals surface area (Å²) < 4.78 is 5.12. The first-order valence-electron chi connectivity index (χ1n) is 6.53. The topological polar surface area (TPSA) is 76.7 Å². The summed E-state index contributed by atoms with van der Waals surface area (Å²) in [6.45, 7) is 2.72. The van der Waals surface area contributed by atoms with Crippen LogP contribution in [0.3, 0.4) is 0 Å². The van der Waals surface area contributed by atoms with E-state index in [2.05, 4.69) is 17.2 Å². The maximum atomic E-state index is 12.1. The molecule has 20 heavy (non-hydrogen) atoms. The second-order valence-corrected chi connectivity index (χ2v) is 4.71. The molecular formula is C14H20ClN3O2. The van der Waals surface area contributed by atoms with Gasteiger partial charge in [-0.15, -0.1) is 0 Å². The van der Waals surface area contributed by atoms with Gasteiger partial charge in [0, 0.05) is 11.6 Å². The monoisotopic (exact) mass is 297 g/mol. The van der Waals surface area contributed by atoms with E-state index in [1.807, 2.05) is 0 Å². The number of amides is 1. The summed E-state index contributed by atoms with van der Waals surface area (Å²) in [6, 6.07) is 4.81.